The molecule has 0 fully saturated rings. The molecule has 0 bridgehead atoms. The fourth-order valence-electron chi connectivity index (χ4n) is 1.65. The normalized spacial score (nSPS) is 10.2. The zero-order chi connectivity index (χ0) is 13.1. The van der Waals surface area contributed by atoms with Gasteiger partial charge in [-0.15, -0.1) is 0 Å². The number of halogens is 1. The van der Waals surface area contributed by atoms with Crippen LogP contribution in [0, 0.1) is 6.92 Å². The molecule has 0 saturated carbocycles. The molecule has 18 heavy (non-hydrogen) atoms. The average Bonchev–Trinajstić information content (AvgIpc) is 2.38. The minimum absolute atomic E-state index is 0.405. The maximum absolute atomic E-state index is 11.8. The highest BCUT2D eigenvalue weighted by molar-refractivity contribution is 9.10. The van der Waals surface area contributed by atoms with Gasteiger partial charge in [-0.05, 0) is 19.1 Å². The van der Waals surface area contributed by atoms with E-state index in [1.807, 2.05) is 24.3 Å². The van der Waals surface area contributed by atoms with E-state index in [1.54, 1.807) is 6.92 Å². The summed E-state index contributed by atoms with van der Waals surface area (Å²) < 4.78 is 5.74. The Hall–Kier alpha value is -1.75. The number of rotatable bonds is 2. The molecule has 0 aliphatic rings. The first kappa shape index (κ1) is 12.7. The second kappa shape index (κ2) is 5.27. The molecule has 0 spiro atoms. The second-order valence-electron chi connectivity index (χ2n) is 3.68. The lowest BCUT2D eigenvalue weighted by Crippen LogP contribution is -2.09. The number of carbonyl (C=O) groups is 1. The van der Waals surface area contributed by atoms with Crippen molar-refractivity contribution in [1.82, 2.24) is 9.97 Å². The minimum atomic E-state index is -0.425. The van der Waals surface area contributed by atoms with Crippen molar-refractivity contribution in [2.45, 2.75) is 6.92 Å². The number of carbonyl (C=O) groups excluding carboxylic acids is 1. The summed E-state index contributed by atoms with van der Waals surface area (Å²) in [6.45, 7) is 1.76. The molecule has 0 atom stereocenters. The molecule has 2 aromatic rings. The van der Waals surface area contributed by atoms with Crippen LogP contribution < -0.4 is 0 Å². The van der Waals surface area contributed by atoms with Gasteiger partial charge in [0, 0.05) is 10.0 Å². The van der Waals surface area contributed by atoms with Crippen LogP contribution >= 0.6 is 15.9 Å². The van der Waals surface area contributed by atoms with Gasteiger partial charge >= 0.3 is 5.97 Å². The Bertz CT molecular complexity index is 582. The molecule has 0 saturated heterocycles. The van der Waals surface area contributed by atoms with Crippen molar-refractivity contribution in [2.24, 2.45) is 0 Å². The second-order valence-corrected chi connectivity index (χ2v) is 4.60. The zero-order valence-corrected chi connectivity index (χ0v) is 11.6. The summed E-state index contributed by atoms with van der Waals surface area (Å²) in [6.07, 6.45) is 1.44. The van der Waals surface area contributed by atoms with Gasteiger partial charge in [-0.1, -0.05) is 28.1 Å². The highest BCUT2D eigenvalue weighted by atomic mass is 79.9. The van der Waals surface area contributed by atoms with E-state index in [2.05, 4.69) is 25.9 Å². The lowest BCUT2D eigenvalue weighted by Gasteiger charge is -2.09. The van der Waals surface area contributed by atoms with Crippen LogP contribution in [0.25, 0.3) is 11.3 Å². The van der Waals surface area contributed by atoms with E-state index in [1.165, 1.54) is 13.4 Å². The van der Waals surface area contributed by atoms with Crippen molar-refractivity contribution in [3.63, 3.8) is 0 Å². The van der Waals surface area contributed by atoms with E-state index >= 15 is 0 Å². The molecule has 4 nitrogen and oxygen atoms in total. The van der Waals surface area contributed by atoms with Crippen LogP contribution in [0.3, 0.4) is 0 Å². The van der Waals surface area contributed by atoms with Crippen molar-refractivity contribution in [1.29, 1.82) is 0 Å². The van der Waals surface area contributed by atoms with E-state index < -0.39 is 5.97 Å². The molecule has 2 rings (SSSR count). The third-order valence-electron chi connectivity index (χ3n) is 2.54. The van der Waals surface area contributed by atoms with Crippen LogP contribution in [-0.4, -0.2) is 23.0 Å². The Balaban J connectivity index is 2.60. The molecule has 0 radical (unpaired) electrons. The van der Waals surface area contributed by atoms with Gasteiger partial charge in [-0.3, -0.25) is 0 Å². The van der Waals surface area contributed by atoms with Crippen LogP contribution in [0.15, 0.2) is 35.1 Å². The molecule has 0 unspecified atom stereocenters. The highest BCUT2D eigenvalue weighted by Gasteiger charge is 2.18. The predicted octanol–water partition coefficient (Wildman–Crippen LogP) is 3.00. The van der Waals surface area contributed by atoms with E-state index in [0.29, 0.717) is 17.0 Å². The standard InChI is InChI=1S/C13H11BrN2O2/c1-8-11(13(17)18-2)12(16-7-15-8)9-3-5-10(14)6-4-9/h3-7H,1-2H3. The molecule has 0 amide bonds. The summed E-state index contributed by atoms with van der Waals surface area (Å²) in [7, 11) is 1.35. The number of esters is 1. The molecule has 0 aliphatic heterocycles. The molecule has 92 valence electrons. The fraction of sp³-hybridized carbons (Fsp3) is 0.154. The number of hydrogen-bond acceptors (Lipinski definition) is 4. The lowest BCUT2D eigenvalue weighted by molar-refractivity contribution is 0.0600. The topological polar surface area (TPSA) is 52.1 Å². The maximum atomic E-state index is 11.8. The summed E-state index contributed by atoms with van der Waals surface area (Å²) >= 11 is 3.37. The fourth-order valence-corrected chi connectivity index (χ4v) is 1.91. The third-order valence-corrected chi connectivity index (χ3v) is 3.07. The number of benzene rings is 1. The Morgan fingerprint density at radius 2 is 1.89 bits per heavy atom. The number of aromatic nitrogens is 2. The number of hydrogen-bond donors (Lipinski definition) is 0. The smallest absolute Gasteiger partial charge is 0.341 e. The highest BCUT2D eigenvalue weighted by Crippen LogP contribution is 2.24. The molecule has 5 heteroatoms. The van der Waals surface area contributed by atoms with Crippen LogP contribution in [0.5, 0.6) is 0 Å². The first-order valence-corrected chi connectivity index (χ1v) is 6.08. The Morgan fingerprint density at radius 1 is 1.22 bits per heavy atom. The predicted molar refractivity (Wildman–Crippen MR) is 71.2 cm³/mol. The zero-order valence-electron chi connectivity index (χ0n) is 9.98. The molecular formula is C13H11BrN2O2. The Labute approximate surface area is 113 Å². The molecule has 1 aromatic heterocycles. The Kier molecular flexibility index (Phi) is 3.72. The Morgan fingerprint density at radius 3 is 2.50 bits per heavy atom. The third kappa shape index (κ3) is 2.41. The summed E-state index contributed by atoms with van der Waals surface area (Å²) in [4.78, 5) is 20.0. The number of aryl methyl sites for hydroxylation is 1. The summed E-state index contributed by atoms with van der Waals surface area (Å²) in [5.74, 6) is -0.425. The van der Waals surface area contributed by atoms with Gasteiger partial charge in [-0.25, -0.2) is 14.8 Å². The van der Waals surface area contributed by atoms with Crippen molar-refractivity contribution in [3.8, 4) is 11.3 Å². The van der Waals surface area contributed by atoms with Gasteiger partial charge in [0.25, 0.3) is 0 Å². The summed E-state index contributed by atoms with van der Waals surface area (Å²) in [5, 5.41) is 0. The van der Waals surface area contributed by atoms with Crippen LogP contribution in [-0.2, 0) is 4.74 Å². The summed E-state index contributed by atoms with van der Waals surface area (Å²) in [6, 6.07) is 7.57. The molecule has 0 N–H and O–H groups in total. The van der Waals surface area contributed by atoms with Crippen molar-refractivity contribution >= 4 is 21.9 Å². The van der Waals surface area contributed by atoms with Gasteiger partial charge in [0.2, 0.25) is 0 Å². The van der Waals surface area contributed by atoms with Crippen molar-refractivity contribution < 1.29 is 9.53 Å². The van der Waals surface area contributed by atoms with Gasteiger partial charge in [0.05, 0.1) is 18.5 Å². The van der Waals surface area contributed by atoms with Crippen LogP contribution in [0.2, 0.25) is 0 Å². The van der Waals surface area contributed by atoms with Gasteiger partial charge in [-0.2, -0.15) is 0 Å². The first-order valence-electron chi connectivity index (χ1n) is 5.29. The SMILES string of the molecule is COC(=O)c1c(C)ncnc1-c1ccc(Br)cc1. The van der Waals surface area contributed by atoms with E-state index in [9.17, 15) is 4.79 Å². The van der Waals surface area contributed by atoms with Crippen LogP contribution in [0.1, 0.15) is 16.1 Å². The minimum Gasteiger partial charge on any atom is -0.465 e. The van der Waals surface area contributed by atoms with E-state index in [4.69, 9.17) is 4.74 Å². The van der Waals surface area contributed by atoms with Gasteiger partial charge in [0.1, 0.15) is 11.9 Å². The number of nitrogens with zero attached hydrogens (tertiary/aromatic N) is 2. The number of ether oxygens (including phenoxy) is 1. The molecular weight excluding hydrogens is 296 g/mol. The average molecular weight is 307 g/mol. The quantitative estimate of drug-likeness (QED) is 0.800. The number of methoxy groups -OCH3 is 1. The van der Waals surface area contributed by atoms with Crippen molar-refractivity contribution in [3.05, 3.63) is 46.3 Å². The van der Waals surface area contributed by atoms with Crippen molar-refractivity contribution in [2.75, 3.05) is 7.11 Å². The molecule has 1 heterocycles. The largest absolute Gasteiger partial charge is 0.465 e. The van der Waals surface area contributed by atoms with Gasteiger partial charge < -0.3 is 4.74 Å². The van der Waals surface area contributed by atoms with E-state index in [0.717, 1.165) is 10.0 Å². The molecule has 0 aliphatic carbocycles. The lowest BCUT2D eigenvalue weighted by atomic mass is 10.1. The maximum Gasteiger partial charge on any atom is 0.341 e. The van der Waals surface area contributed by atoms with Gasteiger partial charge in [0.15, 0.2) is 0 Å². The van der Waals surface area contributed by atoms with Crippen LogP contribution in [0.4, 0.5) is 0 Å². The monoisotopic (exact) mass is 306 g/mol. The first-order chi connectivity index (χ1) is 8.63. The van der Waals surface area contributed by atoms with E-state index in [-0.39, 0.29) is 0 Å². The summed E-state index contributed by atoms with van der Waals surface area (Å²) in [5.41, 5.74) is 2.45. The molecule has 1 aromatic carbocycles.